The Hall–Kier alpha value is -7.16. The Morgan fingerprint density at radius 2 is 0.800 bits per heavy atom. The molecule has 10 rings (SSSR count). The number of rotatable bonds is 10. The summed E-state index contributed by atoms with van der Waals surface area (Å²) in [5, 5.41) is 2.48. The van der Waals surface area contributed by atoms with Gasteiger partial charge in [-0.2, -0.15) is 0 Å². The van der Waals surface area contributed by atoms with Crippen LogP contribution >= 0.6 is 0 Å². The van der Waals surface area contributed by atoms with E-state index in [9.17, 15) is 0 Å². The fourth-order valence-electron chi connectivity index (χ4n) is 9.20. The monoisotopic (exact) mass is 772 g/mol. The third-order valence-electron chi connectivity index (χ3n) is 12.2. The number of nitrogens with zero attached hydrogens (tertiary/aromatic N) is 2. The molecular formula is C58H48N2. The predicted octanol–water partition coefficient (Wildman–Crippen LogP) is 16.8. The molecule has 0 unspecified atom stereocenters. The van der Waals surface area contributed by atoms with E-state index in [-0.39, 0.29) is 0 Å². The summed E-state index contributed by atoms with van der Waals surface area (Å²) in [5.74, 6) is 0.657. The van der Waals surface area contributed by atoms with Gasteiger partial charge in [-0.25, -0.2) is 0 Å². The zero-order valence-corrected chi connectivity index (χ0v) is 33.9. The molecule has 1 aliphatic carbocycles. The molecule has 9 aromatic rings. The van der Waals surface area contributed by atoms with Crippen molar-refractivity contribution in [1.29, 1.82) is 0 Å². The largest absolute Gasteiger partial charge is 0.311 e. The van der Waals surface area contributed by atoms with Crippen molar-refractivity contribution in [2.45, 2.75) is 38.0 Å². The van der Waals surface area contributed by atoms with E-state index in [0.29, 0.717) is 5.92 Å². The number of para-hydroxylation sites is 2. The van der Waals surface area contributed by atoms with E-state index >= 15 is 0 Å². The van der Waals surface area contributed by atoms with E-state index in [4.69, 9.17) is 0 Å². The molecule has 0 saturated heterocycles. The van der Waals surface area contributed by atoms with Crippen LogP contribution in [-0.2, 0) is 0 Å². The molecule has 2 nitrogen and oxygen atoms in total. The Kier molecular flexibility index (Phi) is 10.5. The van der Waals surface area contributed by atoms with Crippen LogP contribution in [0.3, 0.4) is 0 Å². The number of hydrogen-bond acceptors (Lipinski definition) is 2. The van der Waals surface area contributed by atoms with E-state index in [2.05, 4.69) is 234 Å². The topological polar surface area (TPSA) is 6.48 Å². The van der Waals surface area contributed by atoms with Crippen LogP contribution in [0.2, 0.25) is 0 Å². The fourth-order valence-corrected chi connectivity index (χ4v) is 9.20. The maximum absolute atomic E-state index is 2.47. The molecule has 9 aromatic carbocycles. The van der Waals surface area contributed by atoms with Gasteiger partial charge in [-0.3, -0.25) is 0 Å². The second kappa shape index (κ2) is 17.0. The Bertz CT molecular complexity index is 2770. The third kappa shape index (κ3) is 7.61. The maximum Gasteiger partial charge on any atom is 0.0546 e. The number of hydrogen-bond donors (Lipinski definition) is 0. The molecule has 2 heteroatoms. The van der Waals surface area contributed by atoms with Crippen molar-refractivity contribution in [3.8, 4) is 33.4 Å². The van der Waals surface area contributed by atoms with Crippen LogP contribution in [-0.4, -0.2) is 0 Å². The van der Waals surface area contributed by atoms with E-state index in [1.165, 1.54) is 87.5 Å². The first-order valence-electron chi connectivity index (χ1n) is 21.5. The highest BCUT2D eigenvalue weighted by Gasteiger charge is 2.22. The first-order valence-corrected chi connectivity index (χ1v) is 21.5. The summed E-state index contributed by atoms with van der Waals surface area (Å²) >= 11 is 0. The summed E-state index contributed by atoms with van der Waals surface area (Å²) < 4.78 is 0. The third-order valence-corrected chi connectivity index (χ3v) is 12.2. The van der Waals surface area contributed by atoms with Gasteiger partial charge in [-0.1, -0.05) is 177 Å². The zero-order chi connectivity index (χ0) is 40.1. The van der Waals surface area contributed by atoms with Gasteiger partial charge in [0.05, 0.1) is 5.69 Å². The predicted molar refractivity (Wildman–Crippen MR) is 255 cm³/mol. The van der Waals surface area contributed by atoms with Gasteiger partial charge in [0.25, 0.3) is 0 Å². The van der Waals surface area contributed by atoms with E-state index in [0.717, 1.165) is 28.4 Å². The molecule has 1 aliphatic rings. The smallest absolute Gasteiger partial charge is 0.0546 e. The minimum absolute atomic E-state index is 0.657. The minimum Gasteiger partial charge on any atom is -0.311 e. The number of anilines is 6. The van der Waals surface area contributed by atoms with Crippen molar-refractivity contribution in [3.05, 3.63) is 230 Å². The van der Waals surface area contributed by atoms with Crippen molar-refractivity contribution in [2.75, 3.05) is 9.80 Å². The quantitative estimate of drug-likeness (QED) is 0.137. The summed E-state index contributed by atoms with van der Waals surface area (Å²) in [5.41, 5.74) is 15.5. The van der Waals surface area contributed by atoms with Gasteiger partial charge in [0.15, 0.2) is 0 Å². The van der Waals surface area contributed by atoms with Crippen LogP contribution in [0.15, 0.2) is 224 Å². The van der Waals surface area contributed by atoms with Crippen molar-refractivity contribution in [3.63, 3.8) is 0 Å². The maximum atomic E-state index is 2.47. The standard InChI is InChI=1S/C58H48N2/c1-5-16-43(17-6-1)45-34-39-54(40-35-45)60(57-41-36-48-18-13-14-27-56(48)58(57)49-19-7-2-8-20-49)55-26-15-21-50(42-55)47-30-28-44(29-31-47)46-32-37-53(38-33-46)59(51-22-9-3-10-23-51)52-24-11-4-12-25-52/h2-4,7-15,18-43H,1,5-6,16-17H2. The summed E-state index contributed by atoms with van der Waals surface area (Å²) in [6, 6.07) is 81.8. The van der Waals surface area contributed by atoms with Gasteiger partial charge in [-0.15, -0.1) is 0 Å². The molecule has 60 heavy (non-hydrogen) atoms. The Morgan fingerprint density at radius 1 is 0.317 bits per heavy atom. The van der Waals surface area contributed by atoms with Gasteiger partial charge >= 0.3 is 0 Å². The lowest BCUT2D eigenvalue weighted by Gasteiger charge is -2.30. The molecule has 0 radical (unpaired) electrons. The summed E-state index contributed by atoms with van der Waals surface area (Å²) in [7, 11) is 0. The molecule has 0 N–H and O–H groups in total. The first-order chi connectivity index (χ1) is 29.8. The molecule has 0 atom stereocenters. The number of fused-ring (bicyclic) bond motifs is 1. The Morgan fingerprint density at radius 3 is 1.45 bits per heavy atom. The van der Waals surface area contributed by atoms with Gasteiger partial charge in [0.2, 0.25) is 0 Å². The second-order valence-electron chi connectivity index (χ2n) is 16.0. The van der Waals surface area contributed by atoms with Gasteiger partial charge in [0, 0.05) is 34.0 Å². The lowest BCUT2D eigenvalue weighted by Crippen LogP contribution is -2.12. The fraction of sp³-hybridized carbons (Fsp3) is 0.103. The van der Waals surface area contributed by atoms with Crippen LogP contribution < -0.4 is 9.80 Å². The molecule has 0 aliphatic heterocycles. The molecule has 0 bridgehead atoms. The van der Waals surface area contributed by atoms with E-state index in [1.807, 2.05) is 0 Å². The van der Waals surface area contributed by atoms with Crippen LogP contribution in [0.4, 0.5) is 34.1 Å². The first kappa shape index (κ1) is 37.1. The van der Waals surface area contributed by atoms with E-state index < -0.39 is 0 Å². The minimum atomic E-state index is 0.657. The van der Waals surface area contributed by atoms with Crippen LogP contribution in [0.25, 0.3) is 44.2 Å². The summed E-state index contributed by atoms with van der Waals surface area (Å²) in [6.07, 6.45) is 6.61. The van der Waals surface area contributed by atoms with Crippen molar-refractivity contribution < 1.29 is 0 Å². The van der Waals surface area contributed by atoms with Gasteiger partial charge in [-0.05, 0) is 130 Å². The van der Waals surface area contributed by atoms with E-state index in [1.54, 1.807) is 0 Å². The van der Waals surface area contributed by atoms with Crippen LogP contribution in [0.1, 0.15) is 43.6 Å². The van der Waals surface area contributed by atoms with Gasteiger partial charge < -0.3 is 9.80 Å². The highest BCUT2D eigenvalue weighted by molar-refractivity contribution is 6.05. The van der Waals surface area contributed by atoms with Gasteiger partial charge in [0.1, 0.15) is 0 Å². The average Bonchev–Trinajstić information content (AvgIpc) is 3.33. The highest BCUT2D eigenvalue weighted by atomic mass is 15.1. The second-order valence-corrected chi connectivity index (χ2v) is 16.0. The Labute approximate surface area is 354 Å². The summed E-state index contributed by atoms with van der Waals surface area (Å²) in [6.45, 7) is 0. The molecule has 0 aromatic heterocycles. The zero-order valence-electron chi connectivity index (χ0n) is 33.9. The van der Waals surface area contributed by atoms with Crippen molar-refractivity contribution in [2.24, 2.45) is 0 Å². The van der Waals surface area contributed by atoms with Crippen molar-refractivity contribution >= 4 is 44.9 Å². The molecule has 0 spiro atoms. The van der Waals surface area contributed by atoms with Crippen LogP contribution in [0.5, 0.6) is 0 Å². The average molecular weight is 773 g/mol. The number of benzene rings is 9. The normalized spacial score (nSPS) is 12.9. The highest BCUT2D eigenvalue weighted by Crippen LogP contribution is 2.46. The lowest BCUT2D eigenvalue weighted by molar-refractivity contribution is 0.443. The van der Waals surface area contributed by atoms with Crippen molar-refractivity contribution in [1.82, 2.24) is 0 Å². The molecule has 0 amide bonds. The molecule has 1 fully saturated rings. The molecular weight excluding hydrogens is 725 g/mol. The molecule has 0 heterocycles. The Balaban J connectivity index is 1.01. The molecule has 1 saturated carbocycles. The van der Waals surface area contributed by atoms with Crippen LogP contribution in [0, 0.1) is 0 Å². The lowest BCUT2D eigenvalue weighted by atomic mass is 9.84. The molecule has 290 valence electrons. The summed E-state index contributed by atoms with van der Waals surface area (Å²) in [4.78, 5) is 4.77. The SMILES string of the molecule is c1ccc(-c2c(N(c3ccc(C4CCCCC4)cc3)c3cccc(-c4ccc(-c5ccc(N(c6ccccc6)c6ccccc6)cc5)cc4)c3)ccc3ccccc23)cc1.